The Hall–Kier alpha value is -3.39. The van der Waals surface area contributed by atoms with Crippen LogP contribution in [0.15, 0.2) is 47.6 Å². The molecule has 2 amide bonds. The first-order valence-corrected chi connectivity index (χ1v) is 9.63. The Balaban J connectivity index is 1.56. The number of carbonyl (C=O) groups is 2. The third-order valence-electron chi connectivity index (χ3n) is 4.60. The molecule has 8 nitrogen and oxygen atoms in total. The molecule has 158 valence electrons. The molecule has 0 bridgehead atoms. The Morgan fingerprint density at radius 2 is 1.87 bits per heavy atom. The largest absolute Gasteiger partial charge is 0.493 e. The highest BCUT2D eigenvalue weighted by Gasteiger charge is 2.18. The molecule has 0 spiro atoms. The average molecular weight is 411 g/mol. The number of ether oxygens (including phenoxy) is 3. The topological polar surface area (TPSA) is 89.5 Å². The van der Waals surface area contributed by atoms with Crippen LogP contribution in [-0.2, 0) is 9.53 Å². The maximum atomic E-state index is 12.2. The van der Waals surface area contributed by atoms with Crippen LogP contribution in [0.1, 0.15) is 21.5 Å². The number of hydrazone groups is 1. The number of amides is 2. The van der Waals surface area contributed by atoms with E-state index in [4.69, 9.17) is 14.2 Å². The molecule has 1 aliphatic heterocycles. The summed E-state index contributed by atoms with van der Waals surface area (Å²) in [6.45, 7) is 4.12. The van der Waals surface area contributed by atoms with Gasteiger partial charge in [-0.2, -0.15) is 5.10 Å². The zero-order valence-corrected chi connectivity index (χ0v) is 17.1. The van der Waals surface area contributed by atoms with Gasteiger partial charge in [0.1, 0.15) is 0 Å². The fraction of sp³-hybridized carbons (Fsp3) is 0.318. The first kappa shape index (κ1) is 21.3. The van der Waals surface area contributed by atoms with Gasteiger partial charge in [-0.25, -0.2) is 5.43 Å². The molecule has 1 fully saturated rings. The van der Waals surface area contributed by atoms with Gasteiger partial charge in [0.05, 0.1) is 26.5 Å². The molecule has 1 heterocycles. The Bertz CT molecular complexity index is 905. The fourth-order valence-corrected chi connectivity index (χ4v) is 2.86. The summed E-state index contributed by atoms with van der Waals surface area (Å²) >= 11 is 0. The van der Waals surface area contributed by atoms with Gasteiger partial charge in [0.15, 0.2) is 18.1 Å². The number of carbonyl (C=O) groups excluding carboxylic acids is 2. The summed E-state index contributed by atoms with van der Waals surface area (Å²) < 4.78 is 16.2. The number of hydrogen-bond donors (Lipinski definition) is 1. The van der Waals surface area contributed by atoms with E-state index < -0.39 is 0 Å². The van der Waals surface area contributed by atoms with E-state index >= 15 is 0 Å². The molecule has 0 atom stereocenters. The molecule has 2 aromatic carbocycles. The van der Waals surface area contributed by atoms with E-state index in [-0.39, 0.29) is 18.4 Å². The van der Waals surface area contributed by atoms with Crippen LogP contribution in [-0.4, -0.2) is 62.9 Å². The van der Waals surface area contributed by atoms with Crippen LogP contribution in [0.2, 0.25) is 0 Å². The lowest BCUT2D eigenvalue weighted by Crippen LogP contribution is -2.43. The van der Waals surface area contributed by atoms with E-state index in [1.807, 2.05) is 19.1 Å². The molecule has 8 heteroatoms. The van der Waals surface area contributed by atoms with Crippen LogP contribution < -0.4 is 14.9 Å². The van der Waals surface area contributed by atoms with Gasteiger partial charge in [0, 0.05) is 18.7 Å². The maximum absolute atomic E-state index is 12.2. The highest BCUT2D eigenvalue weighted by Crippen LogP contribution is 2.27. The van der Waals surface area contributed by atoms with Crippen molar-refractivity contribution in [2.45, 2.75) is 6.92 Å². The summed E-state index contributed by atoms with van der Waals surface area (Å²) in [6.07, 6.45) is 1.51. The van der Waals surface area contributed by atoms with E-state index in [2.05, 4.69) is 10.5 Å². The summed E-state index contributed by atoms with van der Waals surface area (Å²) in [5.74, 6) is 0.545. The Labute approximate surface area is 175 Å². The van der Waals surface area contributed by atoms with Gasteiger partial charge in [0.2, 0.25) is 0 Å². The monoisotopic (exact) mass is 411 g/mol. The standard InChI is InChI=1S/C22H25N3O5/c1-16-3-6-18(7-4-16)22(27)24-23-14-17-5-8-19(20(13-17)28-2)30-15-21(26)25-9-11-29-12-10-25/h3-8,13-14H,9-12,15H2,1-2H3,(H,24,27)/b23-14-. The van der Waals surface area contributed by atoms with Crippen molar-refractivity contribution in [1.29, 1.82) is 0 Å². The highest BCUT2D eigenvalue weighted by molar-refractivity contribution is 5.95. The normalized spacial score (nSPS) is 13.9. The van der Waals surface area contributed by atoms with E-state index in [0.717, 1.165) is 5.56 Å². The molecular formula is C22H25N3O5. The molecule has 1 N–H and O–H groups in total. The fourth-order valence-electron chi connectivity index (χ4n) is 2.86. The number of nitrogens with zero attached hydrogens (tertiary/aromatic N) is 2. The molecule has 0 radical (unpaired) electrons. The zero-order valence-electron chi connectivity index (χ0n) is 17.1. The van der Waals surface area contributed by atoms with Gasteiger partial charge in [-0.15, -0.1) is 0 Å². The maximum Gasteiger partial charge on any atom is 0.271 e. The molecule has 0 aromatic heterocycles. The smallest absolute Gasteiger partial charge is 0.271 e. The average Bonchev–Trinajstić information content (AvgIpc) is 2.78. The number of nitrogens with one attached hydrogen (secondary N) is 1. The van der Waals surface area contributed by atoms with Crippen LogP contribution in [0.25, 0.3) is 0 Å². The van der Waals surface area contributed by atoms with Crippen molar-refractivity contribution in [3.05, 3.63) is 59.2 Å². The molecule has 3 rings (SSSR count). The quantitative estimate of drug-likeness (QED) is 0.556. The van der Waals surface area contributed by atoms with Crippen molar-refractivity contribution < 1.29 is 23.8 Å². The number of aryl methyl sites for hydroxylation is 1. The van der Waals surface area contributed by atoms with Crippen molar-refractivity contribution >= 4 is 18.0 Å². The zero-order chi connectivity index (χ0) is 21.3. The number of morpholine rings is 1. The first-order chi connectivity index (χ1) is 14.6. The molecule has 1 saturated heterocycles. The second-order valence-corrected chi connectivity index (χ2v) is 6.76. The second kappa shape index (κ2) is 10.4. The van der Waals surface area contributed by atoms with Crippen molar-refractivity contribution in [3.8, 4) is 11.5 Å². The van der Waals surface area contributed by atoms with Crippen LogP contribution in [0.3, 0.4) is 0 Å². The van der Waals surface area contributed by atoms with Crippen molar-refractivity contribution in [1.82, 2.24) is 10.3 Å². The predicted octanol–water partition coefficient (Wildman–Crippen LogP) is 2.01. The van der Waals surface area contributed by atoms with E-state index in [9.17, 15) is 9.59 Å². The van der Waals surface area contributed by atoms with Gasteiger partial charge in [-0.3, -0.25) is 9.59 Å². The lowest BCUT2D eigenvalue weighted by molar-refractivity contribution is -0.137. The highest BCUT2D eigenvalue weighted by atomic mass is 16.5. The minimum absolute atomic E-state index is 0.0730. The molecule has 0 unspecified atom stereocenters. The predicted molar refractivity (Wildman–Crippen MR) is 112 cm³/mol. The minimum atomic E-state index is -0.292. The minimum Gasteiger partial charge on any atom is -0.493 e. The Morgan fingerprint density at radius 3 is 2.57 bits per heavy atom. The summed E-state index contributed by atoms with van der Waals surface area (Å²) in [5.41, 5.74) is 4.82. The van der Waals surface area contributed by atoms with Crippen LogP contribution in [0.4, 0.5) is 0 Å². The molecule has 0 aliphatic carbocycles. The molecular weight excluding hydrogens is 386 g/mol. The number of methoxy groups -OCH3 is 1. The van der Waals surface area contributed by atoms with Crippen molar-refractivity contribution in [3.63, 3.8) is 0 Å². The summed E-state index contributed by atoms with van der Waals surface area (Å²) in [7, 11) is 1.52. The lowest BCUT2D eigenvalue weighted by Gasteiger charge is -2.26. The lowest BCUT2D eigenvalue weighted by atomic mass is 10.1. The molecule has 0 saturated carbocycles. The van der Waals surface area contributed by atoms with Gasteiger partial charge in [-0.05, 0) is 42.8 Å². The Kier molecular flexibility index (Phi) is 7.40. The second-order valence-electron chi connectivity index (χ2n) is 6.76. The number of hydrogen-bond acceptors (Lipinski definition) is 6. The SMILES string of the molecule is COc1cc(/C=N\NC(=O)c2ccc(C)cc2)ccc1OCC(=O)N1CCOCC1. The van der Waals surface area contributed by atoms with Crippen LogP contribution >= 0.6 is 0 Å². The van der Waals surface area contributed by atoms with E-state index in [1.54, 1.807) is 35.2 Å². The van der Waals surface area contributed by atoms with Crippen molar-refractivity contribution in [2.24, 2.45) is 5.10 Å². The third kappa shape index (κ3) is 5.81. The van der Waals surface area contributed by atoms with Gasteiger partial charge < -0.3 is 19.1 Å². The summed E-state index contributed by atoms with van der Waals surface area (Å²) in [4.78, 5) is 26.0. The molecule has 1 aliphatic rings. The molecule has 2 aromatic rings. The first-order valence-electron chi connectivity index (χ1n) is 9.63. The van der Waals surface area contributed by atoms with Crippen LogP contribution in [0.5, 0.6) is 11.5 Å². The Morgan fingerprint density at radius 1 is 1.13 bits per heavy atom. The number of rotatable bonds is 7. The van der Waals surface area contributed by atoms with Crippen molar-refractivity contribution in [2.75, 3.05) is 40.0 Å². The van der Waals surface area contributed by atoms with Gasteiger partial charge in [0.25, 0.3) is 11.8 Å². The summed E-state index contributed by atoms with van der Waals surface area (Å²) in [5, 5.41) is 3.99. The van der Waals surface area contributed by atoms with E-state index in [1.165, 1.54) is 13.3 Å². The van der Waals surface area contributed by atoms with Gasteiger partial charge >= 0.3 is 0 Å². The van der Waals surface area contributed by atoms with E-state index in [0.29, 0.717) is 48.9 Å². The van der Waals surface area contributed by atoms with Crippen LogP contribution in [0, 0.1) is 6.92 Å². The van der Waals surface area contributed by atoms with Gasteiger partial charge in [-0.1, -0.05) is 17.7 Å². The summed E-state index contributed by atoms with van der Waals surface area (Å²) in [6, 6.07) is 12.4. The third-order valence-corrected chi connectivity index (χ3v) is 4.60. The molecule has 30 heavy (non-hydrogen) atoms. The number of benzene rings is 2.